The number of carbonyl (C=O) groups excluding carboxylic acids is 2. The van der Waals surface area contributed by atoms with Crippen molar-refractivity contribution in [2.24, 2.45) is 0 Å². The number of allylic oxidation sites excluding steroid dienone is 1. The van der Waals surface area contributed by atoms with Crippen molar-refractivity contribution < 1.29 is 27.2 Å². The molecule has 7 nitrogen and oxygen atoms in total. The summed E-state index contributed by atoms with van der Waals surface area (Å²) in [5.74, 6) is -0.935. The zero-order chi connectivity index (χ0) is 17.7. The van der Waals surface area contributed by atoms with Gasteiger partial charge in [-0.05, 0) is 42.5 Å². The molecule has 1 N–H and O–H groups in total. The highest BCUT2D eigenvalue weighted by Crippen LogP contribution is 2.15. The second-order valence-electron chi connectivity index (χ2n) is 4.85. The number of hydrogen-bond acceptors (Lipinski definition) is 6. The maximum Gasteiger partial charge on any atom is 0.374 e. The van der Waals surface area contributed by atoms with E-state index < -0.39 is 16.0 Å². The summed E-state index contributed by atoms with van der Waals surface area (Å²) in [6.07, 6.45) is 5.09. The Hall–Kier alpha value is -2.87. The number of furan rings is 1. The van der Waals surface area contributed by atoms with Gasteiger partial charge in [0.2, 0.25) is 15.8 Å². The molecule has 1 heterocycles. The van der Waals surface area contributed by atoms with Crippen LogP contribution in [0.3, 0.4) is 0 Å². The van der Waals surface area contributed by atoms with E-state index in [1.54, 1.807) is 0 Å². The smallest absolute Gasteiger partial charge is 0.374 e. The molecule has 126 valence electrons. The molecule has 1 aromatic heterocycles. The lowest BCUT2D eigenvalue weighted by atomic mass is 10.1. The summed E-state index contributed by atoms with van der Waals surface area (Å²) >= 11 is 0. The Morgan fingerprint density at radius 3 is 2.42 bits per heavy atom. The van der Waals surface area contributed by atoms with Crippen LogP contribution in [0.5, 0.6) is 0 Å². The fourth-order valence-corrected chi connectivity index (χ4v) is 2.45. The number of methoxy groups -OCH3 is 1. The summed E-state index contributed by atoms with van der Waals surface area (Å²) in [5, 5.41) is 0. The second kappa shape index (κ2) is 7.14. The van der Waals surface area contributed by atoms with Crippen LogP contribution in [0.2, 0.25) is 0 Å². The predicted molar refractivity (Wildman–Crippen MR) is 88.3 cm³/mol. The fraction of sp³-hybridized carbons (Fsp3) is 0.125. The molecule has 0 aliphatic carbocycles. The van der Waals surface area contributed by atoms with Crippen molar-refractivity contribution in [3.05, 3.63) is 59.6 Å². The van der Waals surface area contributed by atoms with Crippen molar-refractivity contribution in [1.82, 2.24) is 0 Å². The number of nitrogens with one attached hydrogen (secondary N) is 1. The Morgan fingerprint density at radius 1 is 1.17 bits per heavy atom. The van der Waals surface area contributed by atoms with Crippen molar-refractivity contribution in [2.45, 2.75) is 0 Å². The van der Waals surface area contributed by atoms with E-state index in [0.29, 0.717) is 16.8 Å². The van der Waals surface area contributed by atoms with Crippen LogP contribution in [-0.2, 0) is 14.8 Å². The average Bonchev–Trinajstić information content (AvgIpc) is 2.99. The van der Waals surface area contributed by atoms with Crippen LogP contribution in [0, 0.1) is 0 Å². The van der Waals surface area contributed by atoms with E-state index in [4.69, 9.17) is 4.42 Å². The van der Waals surface area contributed by atoms with E-state index in [1.165, 1.54) is 55.9 Å². The lowest BCUT2D eigenvalue weighted by Crippen LogP contribution is -2.09. The van der Waals surface area contributed by atoms with Crippen molar-refractivity contribution in [3.63, 3.8) is 0 Å². The number of hydrogen-bond donors (Lipinski definition) is 1. The summed E-state index contributed by atoms with van der Waals surface area (Å²) < 4.78 is 34.2. The summed E-state index contributed by atoms with van der Waals surface area (Å²) in [7, 11) is -2.14. The first-order valence-electron chi connectivity index (χ1n) is 6.76. The minimum absolute atomic E-state index is 0.00857. The maximum atomic E-state index is 12.1. The van der Waals surface area contributed by atoms with E-state index in [-0.39, 0.29) is 11.5 Å². The van der Waals surface area contributed by atoms with Gasteiger partial charge < -0.3 is 9.15 Å². The van der Waals surface area contributed by atoms with Crippen LogP contribution in [0.15, 0.2) is 47.1 Å². The number of anilines is 1. The molecule has 2 rings (SSSR count). The lowest BCUT2D eigenvalue weighted by Gasteiger charge is -2.03. The first-order chi connectivity index (χ1) is 11.3. The highest BCUT2D eigenvalue weighted by atomic mass is 32.2. The van der Waals surface area contributed by atoms with E-state index in [9.17, 15) is 18.0 Å². The van der Waals surface area contributed by atoms with Gasteiger partial charge in [-0.2, -0.15) is 0 Å². The number of carbonyl (C=O) groups is 2. The van der Waals surface area contributed by atoms with E-state index in [0.717, 1.165) is 6.26 Å². The minimum Gasteiger partial charge on any atom is -0.463 e. The quantitative estimate of drug-likeness (QED) is 0.488. The predicted octanol–water partition coefficient (Wildman–Crippen LogP) is 2.33. The minimum atomic E-state index is -3.37. The number of sulfonamides is 1. The average molecular weight is 349 g/mol. The van der Waals surface area contributed by atoms with Crippen molar-refractivity contribution >= 4 is 33.5 Å². The zero-order valence-corrected chi connectivity index (χ0v) is 13.8. The van der Waals surface area contributed by atoms with Gasteiger partial charge in [-0.3, -0.25) is 9.52 Å². The summed E-state index contributed by atoms with van der Waals surface area (Å²) in [5.41, 5.74) is 1.15. The van der Waals surface area contributed by atoms with Gasteiger partial charge in [-0.25, -0.2) is 13.2 Å². The molecule has 1 aromatic carbocycles. The summed E-state index contributed by atoms with van der Waals surface area (Å²) in [6, 6.07) is 7.50. The van der Waals surface area contributed by atoms with E-state index in [1.807, 2.05) is 0 Å². The molecule has 0 aliphatic rings. The van der Waals surface area contributed by atoms with Crippen molar-refractivity contribution in [2.75, 3.05) is 18.1 Å². The highest BCUT2D eigenvalue weighted by Gasteiger charge is 2.14. The first kappa shape index (κ1) is 17.5. The Balaban J connectivity index is 2.13. The monoisotopic (exact) mass is 349 g/mol. The molecule has 0 bridgehead atoms. The van der Waals surface area contributed by atoms with Gasteiger partial charge in [-0.1, -0.05) is 0 Å². The molecule has 2 aromatic rings. The van der Waals surface area contributed by atoms with Crippen molar-refractivity contribution in [3.8, 4) is 0 Å². The molecule has 0 atom stereocenters. The molecular weight excluding hydrogens is 334 g/mol. The highest BCUT2D eigenvalue weighted by molar-refractivity contribution is 7.92. The van der Waals surface area contributed by atoms with Gasteiger partial charge in [0.05, 0.1) is 19.6 Å². The van der Waals surface area contributed by atoms with E-state index in [2.05, 4.69) is 9.46 Å². The Labute approximate surface area is 139 Å². The molecular formula is C16H15NO6S. The molecule has 0 amide bonds. The standard InChI is InChI=1S/C16H15NO6S/c1-22-16(19)15-12(9-10-23-15)5-8-14(18)11-3-6-13(7-4-11)17-24(2,20)21/h3-10,17H,1-2H3/b8-5-. The largest absolute Gasteiger partial charge is 0.463 e. The lowest BCUT2D eigenvalue weighted by molar-refractivity contribution is 0.0564. The number of ether oxygens (including phenoxy) is 1. The third-order valence-corrected chi connectivity index (χ3v) is 3.56. The van der Waals surface area contributed by atoms with Crippen LogP contribution in [0.25, 0.3) is 6.08 Å². The van der Waals surface area contributed by atoms with Gasteiger partial charge in [0.25, 0.3) is 0 Å². The molecule has 0 unspecified atom stereocenters. The zero-order valence-electron chi connectivity index (χ0n) is 13.0. The first-order valence-corrected chi connectivity index (χ1v) is 8.65. The van der Waals surface area contributed by atoms with Crippen LogP contribution < -0.4 is 4.72 Å². The van der Waals surface area contributed by atoms with E-state index >= 15 is 0 Å². The molecule has 8 heteroatoms. The Kier molecular flexibility index (Phi) is 5.20. The molecule has 24 heavy (non-hydrogen) atoms. The van der Waals surface area contributed by atoms with Crippen LogP contribution in [0.1, 0.15) is 26.5 Å². The Morgan fingerprint density at radius 2 is 1.83 bits per heavy atom. The third kappa shape index (κ3) is 4.56. The number of esters is 1. The van der Waals surface area contributed by atoms with Gasteiger partial charge in [0.15, 0.2) is 5.78 Å². The van der Waals surface area contributed by atoms with Gasteiger partial charge in [0.1, 0.15) is 0 Å². The van der Waals surface area contributed by atoms with Crippen LogP contribution >= 0.6 is 0 Å². The normalized spacial score (nSPS) is 11.4. The molecule has 0 saturated carbocycles. The fourth-order valence-electron chi connectivity index (χ4n) is 1.89. The molecule has 0 spiro atoms. The summed E-state index contributed by atoms with van der Waals surface area (Å²) in [4.78, 5) is 23.6. The molecule has 0 saturated heterocycles. The molecule has 0 fully saturated rings. The van der Waals surface area contributed by atoms with Crippen molar-refractivity contribution in [1.29, 1.82) is 0 Å². The number of benzene rings is 1. The van der Waals surface area contributed by atoms with Gasteiger partial charge in [-0.15, -0.1) is 0 Å². The Bertz CT molecular complexity index is 878. The second-order valence-corrected chi connectivity index (χ2v) is 6.59. The van der Waals surface area contributed by atoms with Crippen LogP contribution in [0.4, 0.5) is 5.69 Å². The summed E-state index contributed by atoms with van der Waals surface area (Å²) in [6.45, 7) is 0. The maximum absolute atomic E-state index is 12.1. The number of ketones is 1. The third-order valence-electron chi connectivity index (χ3n) is 2.95. The molecule has 0 aliphatic heterocycles. The van der Waals surface area contributed by atoms with Gasteiger partial charge >= 0.3 is 5.97 Å². The topological polar surface area (TPSA) is 103 Å². The number of rotatable bonds is 6. The van der Waals surface area contributed by atoms with Crippen LogP contribution in [-0.4, -0.2) is 33.5 Å². The van der Waals surface area contributed by atoms with Gasteiger partial charge in [0, 0.05) is 16.8 Å². The SMILES string of the molecule is COC(=O)c1occc1/C=C\C(=O)c1ccc(NS(C)(=O)=O)cc1. The molecule has 0 radical (unpaired) electrons.